The number of nitrogens with two attached hydrogens (primary N) is 1. The van der Waals surface area contributed by atoms with Crippen molar-refractivity contribution >= 4 is 0 Å². The van der Waals surface area contributed by atoms with E-state index in [2.05, 4.69) is 14.7 Å². The van der Waals surface area contributed by atoms with E-state index in [1.807, 2.05) is 0 Å². The molecule has 7 heteroatoms. The van der Waals surface area contributed by atoms with Crippen molar-refractivity contribution in [3.63, 3.8) is 0 Å². The van der Waals surface area contributed by atoms with Crippen molar-refractivity contribution in [2.45, 2.75) is 31.5 Å². The monoisotopic (exact) mass is 221 g/mol. The summed E-state index contributed by atoms with van der Waals surface area (Å²) < 4.78 is 40.6. The van der Waals surface area contributed by atoms with E-state index in [-0.39, 0.29) is 17.6 Å². The molecule has 1 aliphatic rings. The zero-order valence-corrected chi connectivity index (χ0v) is 7.79. The normalized spacial score (nSPS) is 19.2. The summed E-state index contributed by atoms with van der Waals surface area (Å²) >= 11 is 0. The van der Waals surface area contributed by atoms with E-state index in [1.54, 1.807) is 0 Å². The highest BCUT2D eigenvalue weighted by atomic mass is 19.4. The second kappa shape index (κ2) is 3.48. The average molecular weight is 221 g/mol. The van der Waals surface area contributed by atoms with Crippen LogP contribution in [0.25, 0.3) is 0 Å². The van der Waals surface area contributed by atoms with Crippen molar-refractivity contribution in [3.05, 3.63) is 11.7 Å². The standard InChI is InChI=1S/C8H10F3N3O/c9-8(10,11)3-5-13-7(15-14-5)6(12)4-1-2-4/h4,6H,1-3,12H2. The van der Waals surface area contributed by atoms with E-state index >= 15 is 0 Å². The lowest BCUT2D eigenvalue weighted by Crippen LogP contribution is -2.14. The Bertz CT molecular complexity index is 345. The van der Waals surface area contributed by atoms with Crippen LogP contribution < -0.4 is 5.73 Å². The van der Waals surface area contributed by atoms with E-state index in [0.717, 1.165) is 12.8 Å². The molecule has 0 spiro atoms. The first-order chi connectivity index (χ1) is 6.96. The molecule has 1 heterocycles. The highest BCUT2D eigenvalue weighted by Crippen LogP contribution is 2.38. The molecule has 0 bridgehead atoms. The van der Waals surface area contributed by atoms with Gasteiger partial charge in [0, 0.05) is 0 Å². The van der Waals surface area contributed by atoms with Gasteiger partial charge in [0.1, 0.15) is 6.42 Å². The zero-order valence-electron chi connectivity index (χ0n) is 7.79. The third-order valence-corrected chi connectivity index (χ3v) is 2.26. The highest BCUT2D eigenvalue weighted by molar-refractivity contribution is 4.99. The molecule has 4 nitrogen and oxygen atoms in total. The number of nitrogens with zero attached hydrogens (tertiary/aromatic N) is 2. The Morgan fingerprint density at radius 1 is 1.47 bits per heavy atom. The molecule has 0 radical (unpaired) electrons. The summed E-state index contributed by atoms with van der Waals surface area (Å²) in [7, 11) is 0. The fourth-order valence-corrected chi connectivity index (χ4v) is 1.31. The van der Waals surface area contributed by atoms with Gasteiger partial charge < -0.3 is 10.3 Å². The van der Waals surface area contributed by atoms with Crippen molar-refractivity contribution in [1.82, 2.24) is 10.1 Å². The molecule has 0 saturated heterocycles. The van der Waals surface area contributed by atoms with E-state index in [4.69, 9.17) is 5.73 Å². The first kappa shape index (κ1) is 10.4. The van der Waals surface area contributed by atoms with Crippen LogP contribution in [0.2, 0.25) is 0 Å². The maximum atomic E-state index is 12.0. The van der Waals surface area contributed by atoms with Gasteiger partial charge in [-0.2, -0.15) is 18.2 Å². The van der Waals surface area contributed by atoms with E-state index < -0.39 is 18.6 Å². The van der Waals surface area contributed by atoms with Gasteiger partial charge in [-0.05, 0) is 18.8 Å². The Labute approximate surface area is 83.6 Å². The highest BCUT2D eigenvalue weighted by Gasteiger charge is 2.35. The molecule has 1 atom stereocenters. The largest absolute Gasteiger partial charge is 0.396 e. The van der Waals surface area contributed by atoms with Crippen LogP contribution in [0.4, 0.5) is 13.2 Å². The van der Waals surface area contributed by atoms with Crippen LogP contribution in [0, 0.1) is 5.92 Å². The fourth-order valence-electron chi connectivity index (χ4n) is 1.31. The van der Waals surface area contributed by atoms with E-state index in [9.17, 15) is 13.2 Å². The average Bonchev–Trinajstić information content (AvgIpc) is 2.85. The summed E-state index contributed by atoms with van der Waals surface area (Å²) in [6, 6.07) is -0.417. The topological polar surface area (TPSA) is 64.9 Å². The molecule has 84 valence electrons. The number of hydrogen-bond donors (Lipinski definition) is 1. The molecule has 0 aliphatic heterocycles. The molecule has 2 rings (SSSR count). The van der Waals surface area contributed by atoms with Gasteiger partial charge in [-0.25, -0.2) is 0 Å². The van der Waals surface area contributed by atoms with Crippen LogP contribution in [0.5, 0.6) is 0 Å². The third-order valence-electron chi connectivity index (χ3n) is 2.26. The molecule has 1 saturated carbocycles. The first-order valence-corrected chi connectivity index (χ1v) is 4.60. The minimum atomic E-state index is -4.31. The second-order valence-corrected chi connectivity index (χ2v) is 3.70. The van der Waals surface area contributed by atoms with E-state index in [1.165, 1.54) is 0 Å². The molecule has 1 aromatic heterocycles. The Kier molecular flexibility index (Phi) is 2.41. The number of rotatable bonds is 3. The van der Waals surface area contributed by atoms with Crippen LogP contribution >= 0.6 is 0 Å². The van der Waals surface area contributed by atoms with Gasteiger partial charge in [-0.3, -0.25) is 0 Å². The predicted octanol–water partition coefficient (Wildman–Crippen LogP) is 1.58. The fraction of sp³-hybridized carbons (Fsp3) is 0.750. The van der Waals surface area contributed by atoms with Crippen LogP contribution in [0.3, 0.4) is 0 Å². The lowest BCUT2D eigenvalue weighted by Gasteiger charge is -2.02. The molecular weight excluding hydrogens is 211 g/mol. The molecule has 15 heavy (non-hydrogen) atoms. The molecular formula is C8H10F3N3O. The SMILES string of the molecule is NC(c1nc(CC(F)(F)F)no1)C1CC1. The lowest BCUT2D eigenvalue weighted by molar-refractivity contribution is -0.128. The minimum Gasteiger partial charge on any atom is -0.338 e. The summed E-state index contributed by atoms with van der Waals surface area (Å²) in [6.45, 7) is 0. The molecule has 0 amide bonds. The van der Waals surface area contributed by atoms with Crippen LogP contribution in [-0.4, -0.2) is 16.3 Å². The molecule has 2 N–H and O–H groups in total. The zero-order chi connectivity index (χ0) is 11.1. The van der Waals surface area contributed by atoms with E-state index in [0.29, 0.717) is 0 Å². The minimum absolute atomic E-state index is 0.108. The molecule has 0 aromatic carbocycles. The number of aromatic nitrogens is 2. The Balaban J connectivity index is 2.03. The number of halogens is 3. The number of alkyl halides is 3. The maximum Gasteiger partial charge on any atom is 0.396 e. The van der Waals surface area contributed by atoms with Crippen molar-refractivity contribution in [2.75, 3.05) is 0 Å². The molecule has 1 aliphatic carbocycles. The second-order valence-electron chi connectivity index (χ2n) is 3.70. The number of hydrogen-bond acceptors (Lipinski definition) is 4. The van der Waals surface area contributed by atoms with Gasteiger partial charge in [0.2, 0.25) is 5.89 Å². The molecule has 1 unspecified atom stereocenters. The molecule has 1 aromatic rings. The van der Waals surface area contributed by atoms with Gasteiger partial charge >= 0.3 is 6.18 Å². The van der Waals surface area contributed by atoms with Crippen LogP contribution in [-0.2, 0) is 6.42 Å². The van der Waals surface area contributed by atoms with Gasteiger partial charge in [-0.1, -0.05) is 5.16 Å². The van der Waals surface area contributed by atoms with Crippen molar-refractivity contribution in [1.29, 1.82) is 0 Å². The Hall–Kier alpha value is -1.11. The summed E-state index contributed by atoms with van der Waals surface area (Å²) in [6.07, 6.45) is -3.55. The van der Waals surface area contributed by atoms with Gasteiger partial charge in [0.25, 0.3) is 0 Å². The lowest BCUT2D eigenvalue weighted by atomic mass is 10.2. The summed E-state index contributed by atoms with van der Waals surface area (Å²) in [5.41, 5.74) is 5.70. The van der Waals surface area contributed by atoms with Gasteiger partial charge in [0.15, 0.2) is 5.82 Å². The Morgan fingerprint density at radius 3 is 2.67 bits per heavy atom. The van der Waals surface area contributed by atoms with Crippen molar-refractivity contribution < 1.29 is 17.7 Å². The van der Waals surface area contributed by atoms with Gasteiger partial charge in [-0.15, -0.1) is 0 Å². The quantitative estimate of drug-likeness (QED) is 0.841. The summed E-state index contributed by atoms with van der Waals surface area (Å²) in [5, 5.41) is 3.25. The summed E-state index contributed by atoms with van der Waals surface area (Å²) in [5.74, 6) is 0.0366. The van der Waals surface area contributed by atoms with Crippen molar-refractivity contribution in [3.8, 4) is 0 Å². The smallest absolute Gasteiger partial charge is 0.338 e. The van der Waals surface area contributed by atoms with Crippen molar-refractivity contribution in [2.24, 2.45) is 11.7 Å². The molecule has 1 fully saturated rings. The summed E-state index contributed by atoms with van der Waals surface area (Å²) in [4.78, 5) is 3.63. The maximum absolute atomic E-state index is 12.0. The van der Waals surface area contributed by atoms with Crippen LogP contribution in [0.1, 0.15) is 30.6 Å². The predicted molar refractivity (Wildman–Crippen MR) is 43.7 cm³/mol. The van der Waals surface area contributed by atoms with Crippen LogP contribution in [0.15, 0.2) is 4.52 Å². The first-order valence-electron chi connectivity index (χ1n) is 4.60. The third kappa shape index (κ3) is 2.68. The Morgan fingerprint density at radius 2 is 2.13 bits per heavy atom. The van der Waals surface area contributed by atoms with Gasteiger partial charge in [0.05, 0.1) is 6.04 Å².